The number of anilines is 1. The quantitative estimate of drug-likeness (QED) is 0.854. The minimum atomic E-state index is -0.191. The lowest BCUT2D eigenvalue weighted by Gasteiger charge is -2.27. The van der Waals surface area contributed by atoms with Crippen LogP contribution < -0.4 is 10.6 Å². The molecule has 0 amide bonds. The second-order valence-corrected chi connectivity index (χ2v) is 4.85. The van der Waals surface area contributed by atoms with E-state index in [0.29, 0.717) is 6.04 Å². The molecule has 1 atom stereocenters. The van der Waals surface area contributed by atoms with Gasteiger partial charge in [0.25, 0.3) is 0 Å². The second kappa shape index (κ2) is 6.01. The highest BCUT2D eigenvalue weighted by atomic mass is 19.1. The summed E-state index contributed by atoms with van der Waals surface area (Å²) in [6, 6.07) is 5.43. The molecule has 0 fully saturated rings. The maximum absolute atomic E-state index is 13.3. The van der Waals surface area contributed by atoms with Gasteiger partial charge in [0, 0.05) is 24.8 Å². The summed E-state index contributed by atoms with van der Waals surface area (Å²) in [7, 11) is 2.03. The molecule has 96 valence electrons. The molecule has 1 aromatic carbocycles. The molecule has 0 bridgehead atoms. The predicted octanol–water partition coefficient (Wildman–Crippen LogP) is 2.95. The Bertz CT molecular complexity index is 363. The maximum Gasteiger partial charge on any atom is 0.123 e. The van der Waals surface area contributed by atoms with Gasteiger partial charge in [-0.15, -0.1) is 0 Å². The first-order chi connectivity index (χ1) is 7.95. The number of hydrogen-bond donors (Lipinski definition) is 1. The van der Waals surface area contributed by atoms with Gasteiger partial charge in [0.1, 0.15) is 5.82 Å². The molecular formula is C14H23FN2. The minimum Gasteiger partial charge on any atom is -0.372 e. The first kappa shape index (κ1) is 14.0. The highest BCUT2D eigenvalue weighted by molar-refractivity contribution is 5.54. The van der Waals surface area contributed by atoms with Gasteiger partial charge in [-0.3, -0.25) is 0 Å². The zero-order chi connectivity index (χ0) is 13.0. The van der Waals surface area contributed by atoms with E-state index in [2.05, 4.69) is 25.7 Å². The van der Waals surface area contributed by atoms with E-state index in [1.807, 2.05) is 13.1 Å². The SMILES string of the molecule is CCC(N)Cc1cc(F)ccc1N(C)C(C)C. The summed E-state index contributed by atoms with van der Waals surface area (Å²) in [5.74, 6) is -0.191. The molecule has 0 radical (unpaired) electrons. The fraction of sp³-hybridized carbons (Fsp3) is 0.571. The van der Waals surface area contributed by atoms with Gasteiger partial charge in [-0.25, -0.2) is 4.39 Å². The third kappa shape index (κ3) is 3.70. The number of rotatable bonds is 5. The summed E-state index contributed by atoms with van der Waals surface area (Å²) in [5, 5.41) is 0. The Labute approximate surface area is 104 Å². The molecule has 0 aliphatic carbocycles. The largest absolute Gasteiger partial charge is 0.372 e. The summed E-state index contributed by atoms with van der Waals surface area (Å²) in [6.07, 6.45) is 1.63. The second-order valence-electron chi connectivity index (χ2n) is 4.85. The van der Waals surface area contributed by atoms with Crippen molar-refractivity contribution in [2.75, 3.05) is 11.9 Å². The molecule has 0 aromatic heterocycles. The van der Waals surface area contributed by atoms with Crippen molar-refractivity contribution in [3.8, 4) is 0 Å². The Kier molecular flexibility index (Phi) is 4.94. The molecule has 1 rings (SSSR count). The van der Waals surface area contributed by atoms with Crippen LogP contribution in [0.15, 0.2) is 18.2 Å². The number of halogens is 1. The van der Waals surface area contributed by atoms with E-state index in [4.69, 9.17) is 5.73 Å². The molecule has 0 aliphatic heterocycles. The summed E-state index contributed by atoms with van der Waals surface area (Å²) >= 11 is 0. The van der Waals surface area contributed by atoms with Crippen molar-refractivity contribution in [2.24, 2.45) is 5.73 Å². The third-order valence-electron chi connectivity index (χ3n) is 3.20. The van der Waals surface area contributed by atoms with Gasteiger partial charge >= 0.3 is 0 Å². The van der Waals surface area contributed by atoms with Gasteiger partial charge in [-0.1, -0.05) is 6.92 Å². The van der Waals surface area contributed by atoms with Crippen LogP contribution in [-0.4, -0.2) is 19.1 Å². The summed E-state index contributed by atoms with van der Waals surface area (Å²) in [6.45, 7) is 6.29. The zero-order valence-electron chi connectivity index (χ0n) is 11.2. The van der Waals surface area contributed by atoms with Gasteiger partial charge in [-0.05, 0) is 50.5 Å². The Morgan fingerprint density at radius 3 is 2.53 bits per heavy atom. The number of hydrogen-bond acceptors (Lipinski definition) is 2. The standard InChI is InChI=1S/C14H23FN2/c1-5-13(16)9-11-8-12(15)6-7-14(11)17(4)10(2)3/h6-8,10,13H,5,9,16H2,1-4H3. The topological polar surface area (TPSA) is 29.3 Å². The molecule has 3 heteroatoms. The highest BCUT2D eigenvalue weighted by Crippen LogP contribution is 2.23. The molecule has 0 saturated carbocycles. The number of nitrogens with two attached hydrogens (primary N) is 1. The molecule has 1 aromatic rings. The maximum atomic E-state index is 13.3. The lowest BCUT2D eigenvalue weighted by Crippen LogP contribution is -2.28. The van der Waals surface area contributed by atoms with E-state index >= 15 is 0 Å². The Hall–Kier alpha value is -1.09. The molecule has 0 spiro atoms. The average molecular weight is 238 g/mol. The molecule has 0 heterocycles. The van der Waals surface area contributed by atoms with Crippen LogP contribution in [0.5, 0.6) is 0 Å². The monoisotopic (exact) mass is 238 g/mol. The first-order valence-corrected chi connectivity index (χ1v) is 6.22. The van der Waals surface area contributed by atoms with Crippen LogP contribution in [0.4, 0.5) is 10.1 Å². The van der Waals surface area contributed by atoms with E-state index in [1.54, 1.807) is 6.07 Å². The van der Waals surface area contributed by atoms with E-state index in [9.17, 15) is 4.39 Å². The van der Waals surface area contributed by atoms with Crippen molar-refractivity contribution in [1.82, 2.24) is 0 Å². The van der Waals surface area contributed by atoms with Crippen LogP contribution in [0.25, 0.3) is 0 Å². The van der Waals surface area contributed by atoms with E-state index < -0.39 is 0 Å². The van der Waals surface area contributed by atoms with Crippen molar-refractivity contribution >= 4 is 5.69 Å². The van der Waals surface area contributed by atoms with Crippen LogP contribution in [0, 0.1) is 5.82 Å². The molecule has 2 nitrogen and oxygen atoms in total. The summed E-state index contributed by atoms with van der Waals surface area (Å²) in [5.41, 5.74) is 8.03. The van der Waals surface area contributed by atoms with Crippen molar-refractivity contribution in [2.45, 2.75) is 45.7 Å². The summed E-state index contributed by atoms with van der Waals surface area (Å²) < 4.78 is 13.3. The van der Waals surface area contributed by atoms with E-state index in [1.165, 1.54) is 6.07 Å². The van der Waals surface area contributed by atoms with Crippen molar-refractivity contribution in [3.63, 3.8) is 0 Å². The summed E-state index contributed by atoms with van der Waals surface area (Å²) in [4.78, 5) is 2.15. The van der Waals surface area contributed by atoms with Crippen molar-refractivity contribution in [1.29, 1.82) is 0 Å². The fourth-order valence-corrected chi connectivity index (χ4v) is 1.77. The van der Waals surface area contributed by atoms with E-state index in [0.717, 1.165) is 24.1 Å². The molecule has 0 aliphatic rings. The third-order valence-corrected chi connectivity index (χ3v) is 3.20. The Balaban J connectivity index is 3.03. The van der Waals surface area contributed by atoms with Gasteiger partial charge in [0.15, 0.2) is 0 Å². The highest BCUT2D eigenvalue weighted by Gasteiger charge is 2.13. The van der Waals surface area contributed by atoms with Crippen LogP contribution in [0.3, 0.4) is 0 Å². The van der Waals surface area contributed by atoms with E-state index in [-0.39, 0.29) is 11.9 Å². The van der Waals surface area contributed by atoms with Gasteiger partial charge in [0.05, 0.1) is 0 Å². The molecule has 0 saturated heterocycles. The lowest BCUT2D eigenvalue weighted by atomic mass is 10.0. The zero-order valence-corrected chi connectivity index (χ0v) is 11.2. The van der Waals surface area contributed by atoms with Crippen molar-refractivity contribution < 1.29 is 4.39 Å². The van der Waals surface area contributed by atoms with Crippen LogP contribution in [0.1, 0.15) is 32.8 Å². The van der Waals surface area contributed by atoms with Gasteiger partial charge in [0.2, 0.25) is 0 Å². The fourth-order valence-electron chi connectivity index (χ4n) is 1.77. The normalized spacial score (nSPS) is 12.9. The molecule has 17 heavy (non-hydrogen) atoms. The molecule has 1 unspecified atom stereocenters. The minimum absolute atomic E-state index is 0.0936. The van der Waals surface area contributed by atoms with Crippen LogP contribution in [0.2, 0.25) is 0 Å². The smallest absolute Gasteiger partial charge is 0.123 e. The predicted molar refractivity (Wildman–Crippen MR) is 71.9 cm³/mol. The van der Waals surface area contributed by atoms with Gasteiger partial charge in [-0.2, -0.15) is 0 Å². The number of benzene rings is 1. The van der Waals surface area contributed by atoms with Crippen LogP contribution in [-0.2, 0) is 6.42 Å². The number of nitrogens with zero attached hydrogens (tertiary/aromatic N) is 1. The Morgan fingerprint density at radius 1 is 1.35 bits per heavy atom. The molecule has 2 N–H and O–H groups in total. The Morgan fingerprint density at radius 2 is 2.00 bits per heavy atom. The molecular weight excluding hydrogens is 215 g/mol. The van der Waals surface area contributed by atoms with Crippen molar-refractivity contribution in [3.05, 3.63) is 29.6 Å². The average Bonchev–Trinajstić information content (AvgIpc) is 2.28. The van der Waals surface area contributed by atoms with Gasteiger partial charge < -0.3 is 10.6 Å². The first-order valence-electron chi connectivity index (χ1n) is 6.22. The van der Waals surface area contributed by atoms with Crippen LogP contribution >= 0.6 is 0 Å². The lowest BCUT2D eigenvalue weighted by molar-refractivity contribution is 0.612.